The molecule has 21 heavy (non-hydrogen) atoms. The molecule has 0 radical (unpaired) electrons. The molecule has 0 aromatic heterocycles. The summed E-state index contributed by atoms with van der Waals surface area (Å²) in [4.78, 5) is 33.3. The van der Waals surface area contributed by atoms with Crippen LogP contribution in [0.25, 0.3) is 0 Å². The molecular weight excluding hydrogens is 278 g/mol. The van der Waals surface area contributed by atoms with Crippen molar-refractivity contribution in [2.75, 3.05) is 26.4 Å². The van der Waals surface area contributed by atoms with Gasteiger partial charge in [0.05, 0.1) is 12.5 Å². The van der Waals surface area contributed by atoms with Crippen molar-refractivity contribution in [2.45, 2.75) is 26.7 Å². The molecule has 0 saturated heterocycles. The van der Waals surface area contributed by atoms with E-state index >= 15 is 0 Å². The number of carbonyl (C=O) groups excluding carboxylic acids is 3. The fourth-order valence-electron chi connectivity index (χ4n) is 1.13. The lowest BCUT2D eigenvalue weighted by Gasteiger charge is -2.10. The fraction of sp³-hybridized carbons (Fsp3) is 0.643. The van der Waals surface area contributed by atoms with Crippen molar-refractivity contribution in [3.63, 3.8) is 0 Å². The van der Waals surface area contributed by atoms with E-state index in [1.807, 2.05) is 6.92 Å². The van der Waals surface area contributed by atoms with Crippen LogP contribution in [-0.2, 0) is 23.8 Å². The molecule has 0 saturated carbocycles. The number of esters is 2. The monoisotopic (exact) mass is 301 g/mol. The Labute approximate surface area is 124 Å². The van der Waals surface area contributed by atoms with Crippen molar-refractivity contribution in [2.24, 2.45) is 5.92 Å². The standard InChI is InChI=1S/C14H23NO6/c1-4-11(3)13(17)20-9-10-21-14(18)15-7-6-8-19-12(16)5-2/h5,11H,2,4,6-10H2,1,3H3,(H,15,18). The fourth-order valence-corrected chi connectivity index (χ4v) is 1.13. The second-order valence-electron chi connectivity index (χ2n) is 4.26. The molecule has 0 aliphatic rings. The molecule has 0 aromatic carbocycles. The van der Waals surface area contributed by atoms with Crippen LogP contribution in [0.2, 0.25) is 0 Å². The van der Waals surface area contributed by atoms with E-state index < -0.39 is 12.1 Å². The Bertz CT molecular complexity index is 355. The van der Waals surface area contributed by atoms with Crippen LogP contribution >= 0.6 is 0 Å². The van der Waals surface area contributed by atoms with Crippen molar-refractivity contribution in [1.29, 1.82) is 0 Å². The molecule has 120 valence electrons. The molecule has 1 atom stereocenters. The van der Waals surface area contributed by atoms with Gasteiger partial charge < -0.3 is 19.5 Å². The van der Waals surface area contributed by atoms with Gasteiger partial charge in [-0.3, -0.25) is 4.79 Å². The minimum Gasteiger partial charge on any atom is -0.462 e. The second kappa shape index (κ2) is 11.7. The molecule has 0 rings (SSSR count). The lowest BCUT2D eigenvalue weighted by Crippen LogP contribution is -2.28. The predicted octanol–water partition coefficient (Wildman–Crippen LogP) is 1.42. The quantitative estimate of drug-likeness (QED) is 0.284. The zero-order chi connectivity index (χ0) is 16.1. The number of amides is 1. The summed E-state index contributed by atoms with van der Waals surface area (Å²) in [5.74, 6) is -0.955. The highest BCUT2D eigenvalue weighted by Gasteiger charge is 2.11. The van der Waals surface area contributed by atoms with Crippen LogP contribution in [0, 0.1) is 5.92 Å². The van der Waals surface area contributed by atoms with E-state index in [1.165, 1.54) is 0 Å². The van der Waals surface area contributed by atoms with Gasteiger partial charge in [-0.2, -0.15) is 0 Å². The van der Waals surface area contributed by atoms with Crippen molar-refractivity contribution in [1.82, 2.24) is 5.32 Å². The SMILES string of the molecule is C=CC(=O)OCCCNC(=O)OCCOC(=O)C(C)CC. The molecule has 1 unspecified atom stereocenters. The highest BCUT2D eigenvalue weighted by Crippen LogP contribution is 2.02. The zero-order valence-corrected chi connectivity index (χ0v) is 12.6. The average molecular weight is 301 g/mol. The van der Waals surface area contributed by atoms with E-state index in [1.54, 1.807) is 6.92 Å². The van der Waals surface area contributed by atoms with Gasteiger partial charge in [0.25, 0.3) is 0 Å². The van der Waals surface area contributed by atoms with Gasteiger partial charge in [-0.05, 0) is 12.8 Å². The number of ether oxygens (including phenoxy) is 3. The summed E-state index contributed by atoms with van der Waals surface area (Å²) in [6.07, 6.45) is 1.64. The Morgan fingerprint density at radius 3 is 2.43 bits per heavy atom. The number of carbonyl (C=O) groups is 3. The zero-order valence-electron chi connectivity index (χ0n) is 12.6. The first kappa shape index (κ1) is 18.9. The third-order valence-corrected chi connectivity index (χ3v) is 2.58. The summed E-state index contributed by atoms with van der Waals surface area (Å²) in [5.41, 5.74) is 0. The number of hydrogen-bond acceptors (Lipinski definition) is 6. The maximum atomic E-state index is 11.3. The first-order chi connectivity index (χ1) is 10.0. The van der Waals surface area contributed by atoms with Crippen LogP contribution in [-0.4, -0.2) is 44.4 Å². The molecule has 1 amide bonds. The largest absolute Gasteiger partial charge is 0.462 e. The van der Waals surface area contributed by atoms with Gasteiger partial charge in [-0.15, -0.1) is 0 Å². The summed E-state index contributed by atoms with van der Waals surface area (Å²) in [6, 6.07) is 0. The van der Waals surface area contributed by atoms with Crippen LogP contribution < -0.4 is 5.32 Å². The van der Waals surface area contributed by atoms with Crippen LogP contribution in [0.5, 0.6) is 0 Å². The van der Waals surface area contributed by atoms with Gasteiger partial charge in [0.2, 0.25) is 0 Å². The molecule has 0 aliphatic heterocycles. The molecule has 0 aromatic rings. The minimum absolute atomic E-state index is 0.000538. The maximum absolute atomic E-state index is 11.3. The normalized spacial score (nSPS) is 11.1. The van der Waals surface area contributed by atoms with Gasteiger partial charge >= 0.3 is 18.0 Å². The van der Waals surface area contributed by atoms with Crippen molar-refractivity contribution in [3.05, 3.63) is 12.7 Å². The van der Waals surface area contributed by atoms with E-state index in [-0.39, 0.29) is 31.7 Å². The molecule has 0 bridgehead atoms. The number of hydrogen-bond donors (Lipinski definition) is 1. The topological polar surface area (TPSA) is 90.9 Å². The Hall–Kier alpha value is -2.05. The Morgan fingerprint density at radius 1 is 1.14 bits per heavy atom. The van der Waals surface area contributed by atoms with Crippen molar-refractivity contribution >= 4 is 18.0 Å². The Kier molecular flexibility index (Phi) is 10.6. The van der Waals surface area contributed by atoms with E-state index in [0.29, 0.717) is 19.4 Å². The van der Waals surface area contributed by atoms with E-state index in [0.717, 1.165) is 6.08 Å². The highest BCUT2D eigenvalue weighted by molar-refractivity contribution is 5.81. The number of alkyl carbamates (subject to hydrolysis) is 1. The third kappa shape index (κ3) is 10.4. The number of nitrogens with one attached hydrogen (secondary N) is 1. The van der Waals surface area contributed by atoms with Gasteiger partial charge in [-0.1, -0.05) is 20.4 Å². The smallest absolute Gasteiger partial charge is 0.407 e. The molecule has 0 aliphatic carbocycles. The average Bonchev–Trinajstić information content (AvgIpc) is 2.49. The van der Waals surface area contributed by atoms with E-state index in [4.69, 9.17) is 14.2 Å². The van der Waals surface area contributed by atoms with Crippen LogP contribution in [0.15, 0.2) is 12.7 Å². The van der Waals surface area contributed by atoms with Gasteiger partial charge in [0.15, 0.2) is 0 Å². The molecule has 0 fully saturated rings. The summed E-state index contributed by atoms with van der Waals surface area (Å²) < 4.78 is 14.4. The summed E-state index contributed by atoms with van der Waals surface area (Å²) in [5, 5.41) is 2.48. The van der Waals surface area contributed by atoms with Crippen LogP contribution in [0.1, 0.15) is 26.7 Å². The Morgan fingerprint density at radius 2 is 1.81 bits per heavy atom. The number of rotatable bonds is 10. The van der Waals surface area contributed by atoms with Gasteiger partial charge in [-0.25, -0.2) is 9.59 Å². The second-order valence-corrected chi connectivity index (χ2v) is 4.26. The first-order valence-electron chi connectivity index (χ1n) is 6.87. The maximum Gasteiger partial charge on any atom is 0.407 e. The third-order valence-electron chi connectivity index (χ3n) is 2.58. The summed E-state index contributed by atoms with van der Waals surface area (Å²) in [6.45, 7) is 7.46. The summed E-state index contributed by atoms with van der Waals surface area (Å²) in [7, 11) is 0. The lowest BCUT2D eigenvalue weighted by atomic mass is 10.1. The van der Waals surface area contributed by atoms with Crippen molar-refractivity contribution in [3.8, 4) is 0 Å². The molecular formula is C14H23NO6. The molecule has 1 N–H and O–H groups in total. The molecule has 7 heteroatoms. The van der Waals surface area contributed by atoms with Gasteiger partial charge in [0.1, 0.15) is 13.2 Å². The first-order valence-corrected chi connectivity index (χ1v) is 6.87. The summed E-state index contributed by atoms with van der Waals surface area (Å²) >= 11 is 0. The van der Waals surface area contributed by atoms with Gasteiger partial charge in [0, 0.05) is 12.6 Å². The Balaban J connectivity index is 3.49. The molecule has 7 nitrogen and oxygen atoms in total. The molecule has 0 spiro atoms. The lowest BCUT2D eigenvalue weighted by molar-refractivity contribution is -0.149. The van der Waals surface area contributed by atoms with Crippen LogP contribution in [0.3, 0.4) is 0 Å². The van der Waals surface area contributed by atoms with E-state index in [2.05, 4.69) is 11.9 Å². The molecule has 0 heterocycles. The highest BCUT2D eigenvalue weighted by atomic mass is 16.6. The predicted molar refractivity (Wildman–Crippen MR) is 75.5 cm³/mol. The van der Waals surface area contributed by atoms with E-state index in [9.17, 15) is 14.4 Å². The minimum atomic E-state index is -0.607. The van der Waals surface area contributed by atoms with Crippen LogP contribution in [0.4, 0.5) is 4.79 Å². The van der Waals surface area contributed by atoms with Crippen molar-refractivity contribution < 1.29 is 28.6 Å².